The van der Waals surface area contributed by atoms with Gasteiger partial charge in [-0.05, 0) is 37.3 Å². The van der Waals surface area contributed by atoms with Crippen LogP contribution in [0.1, 0.15) is 24.1 Å². The minimum Gasteiger partial charge on any atom is -0.381 e. The number of aromatic nitrogens is 1. The van der Waals surface area contributed by atoms with Crippen molar-refractivity contribution in [2.24, 2.45) is 5.92 Å². The molecule has 0 saturated carbocycles. The molecule has 0 amide bonds. The van der Waals surface area contributed by atoms with Gasteiger partial charge in [0.2, 0.25) is 0 Å². The van der Waals surface area contributed by atoms with Gasteiger partial charge in [0.1, 0.15) is 5.82 Å². The molecule has 1 saturated heterocycles. The van der Waals surface area contributed by atoms with Crippen LogP contribution in [-0.2, 0) is 10.6 Å². The maximum Gasteiger partial charge on any atom is 0.128 e. The molecule has 0 aromatic carbocycles. The van der Waals surface area contributed by atoms with E-state index in [2.05, 4.69) is 29.1 Å². The SMILES string of the molecule is Cc1nc(N(C)CC2CCOCC2)ccc1CCl. The first-order valence-corrected chi connectivity index (χ1v) is 7.05. The molecule has 1 aliphatic rings. The third kappa shape index (κ3) is 3.36. The maximum atomic E-state index is 5.85. The Morgan fingerprint density at radius 3 is 2.72 bits per heavy atom. The molecule has 18 heavy (non-hydrogen) atoms. The van der Waals surface area contributed by atoms with Crippen molar-refractivity contribution >= 4 is 17.4 Å². The second-order valence-corrected chi connectivity index (χ2v) is 5.25. The van der Waals surface area contributed by atoms with E-state index < -0.39 is 0 Å². The summed E-state index contributed by atoms with van der Waals surface area (Å²) in [6.45, 7) is 4.87. The third-order valence-corrected chi connectivity index (χ3v) is 3.88. The lowest BCUT2D eigenvalue weighted by Crippen LogP contribution is -2.30. The van der Waals surface area contributed by atoms with Gasteiger partial charge >= 0.3 is 0 Å². The van der Waals surface area contributed by atoms with Gasteiger partial charge in [-0.25, -0.2) is 4.98 Å². The molecule has 2 rings (SSSR count). The van der Waals surface area contributed by atoms with E-state index in [9.17, 15) is 0 Å². The van der Waals surface area contributed by atoms with Crippen molar-refractivity contribution in [2.45, 2.75) is 25.6 Å². The number of ether oxygens (including phenoxy) is 1. The van der Waals surface area contributed by atoms with Crippen LogP contribution in [-0.4, -0.2) is 31.8 Å². The van der Waals surface area contributed by atoms with Gasteiger partial charge in [-0.15, -0.1) is 11.6 Å². The van der Waals surface area contributed by atoms with Gasteiger partial charge in [-0.1, -0.05) is 6.07 Å². The fraction of sp³-hybridized carbons (Fsp3) is 0.643. The lowest BCUT2D eigenvalue weighted by atomic mass is 10.00. The number of hydrogen-bond donors (Lipinski definition) is 0. The first-order valence-electron chi connectivity index (χ1n) is 6.52. The largest absolute Gasteiger partial charge is 0.381 e. The molecule has 4 heteroatoms. The van der Waals surface area contributed by atoms with Gasteiger partial charge < -0.3 is 9.64 Å². The smallest absolute Gasteiger partial charge is 0.128 e. The molecule has 0 unspecified atom stereocenters. The summed E-state index contributed by atoms with van der Waals surface area (Å²) in [5, 5.41) is 0. The van der Waals surface area contributed by atoms with E-state index in [1.165, 1.54) is 0 Å². The zero-order valence-electron chi connectivity index (χ0n) is 11.2. The zero-order chi connectivity index (χ0) is 13.0. The number of nitrogens with zero attached hydrogens (tertiary/aromatic N) is 2. The Balaban J connectivity index is 1.99. The van der Waals surface area contributed by atoms with Crippen molar-refractivity contribution in [2.75, 3.05) is 31.7 Å². The van der Waals surface area contributed by atoms with Gasteiger partial charge in [0, 0.05) is 38.4 Å². The van der Waals surface area contributed by atoms with Gasteiger partial charge in [-0.2, -0.15) is 0 Å². The van der Waals surface area contributed by atoms with Crippen LogP contribution < -0.4 is 4.90 Å². The molecule has 1 aliphatic heterocycles. The van der Waals surface area contributed by atoms with Crippen molar-refractivity contribution in [1.29, 1.82) is 0 Å². The standard InChI is InChI=1S/C14H21ClN2O/c1-11-13(9-15)3-4-14(16-11)17(2)10-12-5-7-18-8-6-12/h3-4,12H,5-10H2,1-2H3. The van der Waals surface area contributed by atoms with Crippen molar-refractivity contribution in [1.82, 2.24) is 4.98 Å². The first kappa shape index (κ1) is 13.6. The molecule has 3 nitrogen and oxygen atoms in total. The predicted octanol–water partition coefficient (Wildman–Crippen LogP) is 2.99. The first-order chi connectivity index (χ1) is 8.70. The summed E-state index contributed by atoms with van der Waals surface area (Å²) in [4.78, 5) is 6.86. The van der Waals surface area contributed by atoms with E-state index in [1.807, 2.05) is 6.92 Å². The molecule has 0 spiro atoms. The predicted molar refractivity (Wildman–Crippen MR) is 75.3 cm³/mol. The normalized spacial score (nSPS) is 16.8. The van der Waals surface area contributed by atoms with Crippen LogP contribution in [0.25, 0.3) is 0 Å². The molecule has 2 heterocycles. The van der Waals surface area contributed by atoms with Gasteiger partial charge in [0.15, 0.2) is 0 Å². The fourth-order valence-corrected chi connectivity index (χ4v) is 2.62. The molecular weight excluding hydrogens is 248 g/mol. The van der Waals surface area contributed by atoms with Gasteiger partial charge in [0.25, 0.3) is 0 Å². The molecule has 0 radical (unpaired) electrons. The Morgan fingerprint density at radius 2 is 2.11 bits per heavy atom. The number of hydrogen-bond acceptors (Lipinski definition) is 3. The molecule has 0 aliphatic carbocycles. The highest BCUT2D eigenvalue weighted by atomic mass is 35.5. The molecule has 1 aromatic heterocycles. The van der Waals surface area contributed by atoms with E-state index in [0.717, 1.165) is 55.6 Å². The van der Waals surface area contributed by atoms with E-state index in [1.54, 1.807) is 0 Å². The van der Waals surface area contributed by atoms with Gasteiger partial charge in [0.05, 0.1) is 0 Å². The Kier molecular flexibility index (Phi) is 4.84. The number of pyridine rings is 1. The summed E-state index contributed by atoms with van der Waals surface area (Å²) < 4.78 is 5.39. The third-order valence-electron chi connectivity index (χ3n) is 3.59. The minimum atomic E-state index is 0.531. The average molecular weight is 269 g/mol. The molecule has 0 bridgehead atoms. The molecule has 100 valence electrons. The van der Waals surface area contributed by atoms with Crippen molar-refractivity contribution in [3.05, 3.63) is 23.4 Å². The van der Waals surface area contributed by atoms with Crippen LogP contribution in [0.3, 0.4) is 0 Å². The lowest BCUT2D eigenvalue weighted by Gasteiger charge is -2.28. The van der Waals surface area contributed by atoms with E-state index in [4.69, 9.17) is 16.3 Å². The van der Waals surface area contributed by atoms with Crippen LogP contribution in [0.2, 0.25) is 0 Å². The average Bonchev–Trinajstić information content (AvgIpc) is 2.39. The topological polar surface area (TPSA) is 25.4 Å². The quantitative estimate of drug-likeness (QED) is 0.785. The van der Waals surface area contributed by atoms with Crippen LogP contribution in [0.15, 0.2) is 12.1 Å². The number of alkyl halides is 1. The summed E-state index contributed by atoms with van der Waals surface area (Å²) >= 11 is 5.85. The monoisotopic (exact) mass is 268 g/mol. The minimum absolute atomic E-state index is 0.531. The fourth-order valence-electron chi connectivity index (χ4n) is 2.34. The van der Waals surface area contributed by atoms with Crippen molar-refractivity contribution in [3.8, 4) is 0 Å². The Labute approximate surface area is 114 Å². The van der Waals surface area contributed by atoms with E-state index in [0.29, 0.717) is 5.88 Å². The summed E-state index contributed by atoms with van der Waals surface area (Å²) in [6.07, 6.45) is 2.31. The van der Waals surface area contributed by atoms with Crippen molar-refractivity contribution < 1.29 is 4.74 Å². The molecule has 0 N–H and O–H groups in total. The zero-order valence-corrected chi connectivity index (χ0v) is 11.9. The number of halogens is 1. The lowest BCUT2D eigenvalue weighted by molar-refractivity contribution is 0.0685. The highest BCUT2D eigenvalue weighted by molar-refractivity contribution is 6.17. The Bertz CT molecular complexity index is 391. The van der Waals surface area contributed by atoms with E-state index >= 15 is 0 Å². The molecule has 1 aromatic rings. The summed E-state index contributed by atoms with van der Waals surface area (Å²) in [7, 11) is 2.11. The number of rotatable bonds is 4. The summed E-state index contributed by atoms with van der Waals surface area (Å²) in [5.74, 6) is 2.29. The molecule has 1 fully saturated rings. The van der Waals surface area contributed by atoms with Crippen molar-refractivity contribution in [3.63, 3.8) is 0 Å². The molecular formula is C14H21ClN2O. The summed E-state index contributed by atoms with van der Waals surface area (Å²) in [5.41, 5.74) is 2.14. The Hall–Kier alpha value is -0.800. The Morgan fingerprint density at radius 1 is 1.39 bits per heavy atom. The van der Waals surface area contributed by atoms with Crippen LogP contribution in [0.5, 0.6) is 0 Å². The van der Waals surface area contributed by atoms with E-state index in [-0.39, 0.29) is 0 Å². The molecule has 0 atom stereocenters. The van der Waals surface area contributed by atoms with Crippen LogP contribution in [0.4, 0.5) is 5.82 Å². The highest BCUT2D eigenvalue weighted by Crippen LogP contribution is 2.20. The second-order valence-electron chi connectivity index (χ2n) is 4.98. The van der Waals surface area contributed by atoms with Gasteiger partial charge in [-0.3, -0.25) is 0 Å². The second kappa shape index (κ2) is 6.39. The number of aryl methyl sites for hydroxylation is 1. The highest BCUT2D eigenvalue weighted by Gasteiger charge is 2.16. The van der Waals surface area contributed by atoms with Crippen LogP contribution in [0, 0.1) is 12.8 Å². The van der Waals surface area contributed by atoms with Crippen LogP contribution >= 0.6 is 11.6 Å². The maximum absolute atomic E-state index is 5.85. The number of anilines is 1. The summed E-state index contributed by atoms with van der Waals surface area (Å²) in [6, 6.07) is 4.13.